The number of carbonyl (C=O) groups excluding carboxylic acids is 1. The number of nitrogens with zero attached hydrogens (tertiary/aromatic N) is 1. The molecule has 0 atom stereocenters. The number of benzene rings is 1. The van der Waals surface area contributed by atoms with E-state index in [9.17, 15) is 9.59 Å². The van der Waals surface area contributed by atoms with Gasteiger partial charge in [-0.15, -0.1) is 0 Å². The van der Waals surface area contributed by atoms with Crippen molar-refractivity contribution in [2.75, 3.05) is 34.2 Å². The minimum absolute atomic E-state index is 0. The average Bonchev–Trinajstić information content (AvgIpc) is 2.42. The third-order valence-corrected chi connectivity index (χ3v) is 3.15. The van der Waals surface area contributed by atoms with Gasteiger partial charge in [0.05, 0.1) is 33.1 Å². The molecule has 2 aromatic rings. The lowest BCUT2D eigenvalue weighted by Gasteiger charge is -2.23. The van der Waals surface area contributed by atoms with Crippen molar-refractivity contribution in [3.8, 4) is 0 Å². The highest BCUT2D eigenvalue weighted by Crippen LogP contribution is 2.11. The van der Waals surface area contributed by atoms with Crippen molar-refractivity contribution < 1.29 is 37.7 Å². The third kappa shape index (κ3) is 5.10. The summed E-state index contributed by atoms with van der Waals surface area (Å²) in [6.07, 6.45) is 0.868. The summed E-state index contributed by atoms with van der Waals surface area (Å²) < 4.78 is 6.33. The highest BCUT2D eigenvalue weighted by molar-refractivity contribution is 5.93. The van der Waals surface area contributed by atoms with E-state index < -0.39 is 0 Å². The van der Waals surface area contributed by atoms with Gasteiger partial charge in [-0.1, -0.05) is 12.1 Å². The van der Waals surface area contributed by atoms with Gasteiger partial charge in [0, 0.05) is 19.0 Å². The van der Waals surface area contributed by atoms with Gasteiger partial charge >= 0.3 is 0 Å². The molecule has 1 amide bonds. The third-order valence-electron chi connectivity index (χ3n) is 3.15. The lowest BCUT2D eigenvalue weighted by molar-refractivity contribution is -0.870. The van der Waals surface area contributed by atoms with Gasteiger partial charge < -0.3 is 38.2 Å². The van der Waals surface area contributed by atoms with Gasteiger partial charge in [0.25, 0.3) is 5.91 Å². The first-order valence-corrected chi connectivity index (χ1v) is 6.98. The Kier molecular flexibility index (Phi) is 6.55. The van der Waals surface area contributed by atoms with E-state index in [-0.39, 0.29) is 41.1 Å². The predicted molar refractivity (Wildman–Crippen MR) is 82.3 cm³/mol. The Hall–Kier alpha value is -1.41. The first-order valence-electron chi connectivity index (χ1n) is 6.98. The molecule has 0 aliphatic rings. The van der Waals surface area contributed by atoms with Gasteiger partial charge in [-0.25, -0.2) is 0 Å². The second kappa shape index (κ2) is 7.73. The molecule has 120 valence electrons. The minimum Gasteiger partial charge on any atom is -1.00 e. The topological polar surface area (TPSA) is 59.3 Å². The average molecular weight is 416 g/mol. The molecule has 1 aromatic heterocycles. The van der Waals surface area contributed by atoms with Crippen molar-refractivity contribution in [2.24, 2.45) is 0 Å². The predicted octanol–water partition coefficient (Wildman–Crippen LogP) is -1.38. The Balaban J connectivity index is 0.00000242. The number of para-hydroxylation sites is 1. The zero-order valence-corrected chi connectivity index (χ0v) is 15.2. The standard InChI is InChI=1S/C16H20N2O3.HI/c1-18(2,3)10-6-9-17-16(20)15-11-13(19)12-7-4-5-8-14(12)21-15;/h4-5,7-8,11H,6,9-10H2,1-3H3;1H. The number of nitrogens with one attached hydrogen (secondary N) is 1. The van der Waals surface area contributed by atoms with E-state index >= 15 is 0 Å². The van der Waals surface area contributed by atoms with Crippen molar-refractivity contribution in [3.63, 3.8) is 0 Å². The fourth-order valence-corrected chi connectivity index (χ4v) is 2.06. The lowest BCUT2D eigenvalue weighted by Crippen LogP contribution is -3.00. The van der Waals surface area contributed by atoms with Crippen molar-refractivity contribution >= 4 is 16.9 Å². The number of hydrogen-bond donors (Lipinski definition) is 1. The van der Waals surface area contributed by atoms with Crippen LogP contribution >= 0.6 is 0 Å². The molecule has 5 nitrogen and oxygen atoms in total. The summed E-state index contributed by atoms with van der Waals surface area (Å²) in [5, 5.41) is 3.27. The molecule has 22 heavy (non-hydrogen) atoms. The zero-order valence-electron chi connectivity index (χ0n) is 13.1. The molecular formula is C16H21IN2O3. The van der Waals surface area contributed by atoms with Crippen molar-refractivity contribution in [2.45, 2.75) is 6.42 Å². The molecule has 0 bridgehead atoms. The summed E-state index contributed by atoms with van der Waals surface area (Å²) in [7, 11) is 6.30. The highest BCUT2D eigenvalue weighted by atomic mass is 127. The molecule has 6 heteroatoms. The molecule has 0 saturated carbocycles. The SMILES string of the molecule is C[N+](C)(C)CCCNC(=O)c1cc(=O)c2ccccc2o1.[I-]. The number of rotatable bonds is 5. The molecule has 0 saturated heterocycles. The Labute approximate surface area is 146 Å². The van der Waals surface area contributed by atoms with Gasteiger partial charge in [0.15, 0.2) is 11.2 Å². The maximum Gasteiger partial charge on any atom is 0.287 e. The van der Waals surface area contributed by atoms with Crippen molar-refractivity contribution in [1.29, 1.82) is 0 Å². The smallest absolute Gasteiger partial charge is 0.287 e. The summed E-state index contributed by atoms with van der Waals surface area (Å²) >= 11 is 0. The van der Waals surface area contributed by atoms with E-state index in [0.29, 0.717) is 17.5 Å². The Morgan fingerprint density at radius 2 is 1.91 bits per heavy atom. The fraction of sp³-hybridized carbons (Fsp3) is 0.375. The first-order chi connectivity index (χ1) is 9.87. The van der Waals surface area contributed by atoms with Crippen LogP contribution in [0.5, 0.6) is 0 Å². The molecule has 0 spiro atoms. The van der Waals surface area contributed by atoms with Crippen LogP contribution < -0.4 is 34.7 Å². The van der Waals surface area contributed by atoms with Crippen LogP contribution in [-0.2, 0) is 0 Å². The minimum atomic E-state index is -0.348. The van der Waals surface area contributed by atoms with Crippen LogP contribution in [0.15, 0.2) is 39.5 Å². The maximum atomic E-state index is 12.0. The van der Waals surface area contributed by atoms with Crippen LogP contribution in [0, 0.1) is 0 Å². The molecule has 0 unspecified atom stereocenters. The van der Waals surface area contributed by atoms with E-state index in [4.69, 9.17) is 4.42 Å². The van der Waals surface area contributed by atoms with Gasteiger partial charge in [-0.3, -0.25) is 9.59 Å². The number of halogens is 1. The second-order valence-corrected chi connectivity index (χ2v) is 6.09. The number of carbonyl (C=O) groups is 1. The van der Waals surface area contributed by atoms with Crippen LogP contribution in [-0.4, -0.2) is 44.6 Å². The van der Waals surface area contributed by atoms with E-state index in [1.165, 1.54) is 6.07 Å². The molecule has 0 aliphatic carbocycles. The lowest BCUT2D eigenvalue weighted by atomic mass is 10.2. The van der Waals surface area contributed by atoms with Crippen LogP contribution in [0.3, 0.4) is 0 Å². The first kappa shape index (κ1) is 18.6. The van der Waals surface area contributed by atoms with Crippen LogP contribution in [0.2, 0.25) is 0 Å². The van der Waals surface area contributed by atoms with Gasteiger partial charge in [-0.05, 0) is 12.1 Å². The molecule has 2 rings (SSSR count). The zero-order chi connectivity index (χ0) is 15.5. The molecule has 1 heterocycles. The normalized spacial score (nSPS) is 11.0. The monoisotopic (exact) mass is 416 g/mol. The van der Waals surface area contributed by atoms with Crippen molar-refractivity contribution in [3.05, 3.63) is 46.3 Å². The molecule has 1 N–H and O–H groups in total. The summed E-state index contributed by atoms with van der Waals surface area (Å²) in [6, 6.07) is 8.16. The largest absolute Gasteiger partial charge is 1.00 e. The quantitative estimate of drug-likeness (QED) is 0.372. The van der Waals surface area contributed by atoms with Gasteiger partial charge in [0.1, 0.15) is 5.58 Å². The molecular weight excluding hydrogens is 395 g/mol. The van der Waals surface area contributed by atoms with E-state index in [1.807, 2.05) is 0 Å². The van der Waals surface area contributed by atoms with E-state index in [2.05, 4.69) is 26.5 Å². The number of hydrogen-bond acceptors (Lipinski definition) is 3. The Bertz CT molecular complexity index is 704. The molecule has 1 aromatic carbocycles. The maximum absolute atomic E-state index is 12.0. The second-order valence-electron chi connectivity index (χ2n) is 6.09. The van der Waals surface area contributed by atoms with Crippen molar-refractivity contribution in [1.82, 2.24) is 5.32 Å². The number of amides is 1. The summed E-state index contributed by atoms with van der Waals surface area (Å²) in [5.41, 5.74) is 0.231. The van der Waals surface area contributed by atoms with E-state index in [1.54, 1.807) is 24.3 Å². The van der Waals surface area contributed by atoms with Crippen LogP contribution in [0.4, 0.5) is 0 Å². The molecule has 0 aliphatic heterocycles. The van der Waals surface area contributed by atoms with Crippen LogP contribution in [0.1, 0.15) is 17.0 Å². The van der Waals surface area contributed by atoms with Gasteiger partial charge in [-0.2, -0.15) is 0 Å². The Morgan fingerprint density at radius 3 is 2.59 bits per heavy atom. The fourth-order valence-electron chi connectivity index (χ4n) is 2.06. The Morgan fingerprint density at radius 1 is 1.23 bits per heavy atom. The van der Waals surface area contributed by atoms with Crippen LogP contribution in [0.25, 0.3) is 11.0 Å². The molecule has 0 fully saturated rings. The number of fused-ring (bicyclic) bond motifs is 1. The molecule has 0 radical (unpaired) electrons. The summed E-state index contributed by atoms with van der Waals surface area (Å²) in [6.45, 7) is 1.52. The van der Waals surface area contributed by atoms with Gasteiger partial charge in [0.2, 0.25) is 0 Å². The number of quaternary nitrogens is 1. The summed E-state index contributed by atoms with van der Waals surface area (Å²) in [4.78, 5) is 23.9. The highest BCUT2D eigenvalue weighted by Gasteiger charge is 2.12. The van der Waals surface area contributed by atoms with E-state index in [0.717, 1.165) is 17.4 Å². The summed E-state index contributed by atoms with van der Waals surface area (Å²) in [5.74, 6) is -0.289.